The third kappa shape index (κ3) is 3.42. The lowest BCUT2D eigenvalue weighted by Crippen LogP contribution is -2.14. The first-order chi connectivity index (χ1) is 9.90. The van der Waals surface area contributed by atoms with E-state index in [1.54, 1.807) is 4.68 Å². The second kappa shape index (κ2) is 6.26. The van der Waals surface area contributed by atoms with Crippen LogP contribution in [0.5, 0.6) is 0 Å². The summed E-state index contributed by atoms with van der Waals surface area (Å²) in [6.45, 7) is 7.02. The number of anilines is 1. The summed E-state index contributed by atoms with van der Waals surface area (Å²) in [4.78, 5) is 0.373. The average Bonchev–Trinajstić information content (AvgIpc) is 2.71. The molecule has 1 aromatic carbocycles. The molecule has 1 heterocycles. The van der Waals surface area contributed by atoms with Crippen molar-refractivity contribution in [1.29, 1.82) is 0 Å². The zero-order valence-electron chi connectivity index (χ0n) is 13.0. The maximum atomic E-state index is 5.79. The van der Waals surface area contributed by atoms with Crippen molar-refractivity contribution in [2.24, 2.45) is 12.8 Å². The number of aryl methyl sites for hydroxylation is 2. The van der Waals surface area contributed by atoms with Crippen LogP contribution in [-0.2, 0) is 13.6 Å². The minimum absolute atomic E-state index is 0.373. The zero-order valence-corrected chi connectivity index (χ0v) is 13.8. The van der Waals surface area contributed by atoms with E-state index in [0.29, 0.717) is 17.5 Å². The van der Waals surface area contributed by atoms with E-state index >= 15 is 0 Å². The number of nitrogens with zero attached hydrogens (tertiary/aromatic N) is 2. The fraction of sp³-hybridized carbons (Fsp3) is 0.375. The Balaban J connectivity index is 2.15. The minimum Gasteiger partial charge on any atom is -0.389 e. The summed E-state index contributed by atoms with van der Waals surface area (Å²) in [7, 11) is 1.89. The molecule has 0 atom stereocenters. The molecular weight excluding hydrogens is 280 g/mol. The molecule has 0 spiro atoms. The van der Waals surface area contributed by atoms with E-state index in [0.717, 1.165) is 17.1 Å². The third-order valence-electron chi connectivity index (χ3n) is 3.57. The van der Waals surface area contributed by atoms with Crippen LogP contribution >= 0.6 is 12.2 Å². The summed E-state index contributed by atoms with van der Waals surface area (Å²) in [5.41, 5.74) is 10.0. The van der Waals surface area contributed by atoms with Crippen molar-refractivity contribution in [3.05, 3.63) is 46.6 Å². The predicted octanol–water partition coefficient (Wildman–Crippen LogP) is 3.10. The van der Waals surface area contributed by atoms with Crippen LogP contribution in [0.2, 0.25) is 0 Å². The molecule has 0 aliphatic rings. The number of hydrogen-bond acceptors (Lipinski definition) is 3. The Bertz CT molecular complexity index is 641. The van der Waals surface area contributed by atoms with Crippen LogP contribution in [0.15, 0.2) is 24.3 Å². The summed E-state index contributed by atoms with van der Waals surface area (Å²) >= 11 is 5.11. The van der Waals surface area contributed by atoms with Gasteiger partial charge in [0, 0.05) is 13.6 Å². The van der Waals surface area contributed by atoms with Crippen LogP contribution < -0.4 is 11.1 Å². The van der Waals surface area contributed by atoms with Gasteiger partial charge >= 0.3 is 0 Å². The molecule has 5 heteroatoms. The molecule has 3 N–H and O–H groups in total. The van der Waals surface area contributed by atoms with Crippen LogP contribution in [0.25, 0.3) is 0 Å². The van der Waals surface area contributed by atoms with Gasteiger partial charge in [-0.2, -0.15) is 5.10 Å². The molecular formula is C16H22N4S. The molecule has 0 radical (unpaired) electrons. The zero-order chi connectivity index (χ0) is 15.6. The van der Waals surface area contributed by atoms with Gasteiger partial charge in [0.15, 0.2) is 0 Å². The third-order valence-corrected chi connectivity index (χ3v) is 3.78. The smallest absolute Gasteiger partial charge is 0.134 e. The van der Waals surface area contributed by atoms with E-state index in [1.807, 2.05) is 14.0 Å². The highest BCUT2D eigenvalue weighted by Crippen LogP contribution is 2.20. The normalized spacial score (nSPS) is 10.9. The van der Waals surface area contributed by atoms with Gasteiger partial charge in [0.05, 0.1) is 11.3 Å². The van der Waals surface area contributed by atoms with E-state index in [1.165, 1.54) is 11.1 Å². The lowest BCUT2D eigenvalue weighted by molar-refractivity contribution is 0.758. The average molecular weight is 302 g/mol. The first kappa shape index (κ1) is 15.5. The van der Waals surface area contributed by atoms with E-state index in [2.05, 4.69) is 48.5 Å². The van der Waals surface area contributed by atoms with Crippen molar-refractivity contribution in [1.82, 2.24) is 9.78 Å². The van der Waals surface area contributed by atoms with E-state index < -0.39 is 0 Å². The Kier molecular flexibility index (Phi) is 4.63. The molecule has 1 aromatic heterocycles. The molecule has 0 amide bonds. The number of benzene rings is 1. The highest BCUT2D eigenvalue weighted by molar-refractivity contribution is 7.80. The lowest BCUT2D eigenvalue weighted by Gasteiger charge is -2.11. The second-order valence-electron chi connectivity index (χ2n) is 5.55. The molecule has 0 bridgehead atoms. The summed E-state index contributed by atoms with van der Waals surface area (Å²) in [6, 6.07) is 8.63. The Morgan fingerprint density at radius 1 is 1.33 bits per heavy atom. The van der Waals surface area contributed by atoms with Gasteiger partial charge in [0.2, 0.25) is 0 Å². The van der Waals surface area contributed by atoms with Crippen molar-refractivity contribution in [2.45, 2.75) is 33.2 Å². The molecule has 0 fully saturated rings. The second-order valence-corrected chi connectivity index (χ2v) is 5.99. The lowest BCUT2D eigenvalue weighted by atomic mass is 10.0. The van der Waals surface area contributed by atoms with Crippen LogP contribution in [-0.4, -0.2) is 14.8 Å². The first-order valence-electron chi connectivity index (χ1n) is 7.06. The topological polar surface area (TPSA) is 55.9 Å². The number of nitrogens with two attached hydrogens (primary N) is 1. The molecule has 2 rings (SSSR count). The quantitative estimate of drug-likeness (QED) is 0.833. The van der Waals surface area contributed by atoms with Gasteiger partial charge in [-0.3, -0.25) is 4.68 Å². The standard InChI is InChI=1S/C16H22N4S/c1-10(2)13-7-5-12(6-8-13)9-18-16-14(15(17)21)11(3)19-20(16)4/h5-8,10,18H,9H2,1-4H3,(H2,17,21). The summed E-state index contributed by atoms with van der Waals surface area (Å²) in [6.07, 6.45) is 0. The molecule has 4 nitrogen and oxygen atoms in total. The van der Waals surface area contributed by atoms with Crippen LogP contribution in [0.4, 0.5) is 5.82 Å². The molecule has 2 aromatic rings. The van der Waals surface area contributed by atoms with Gasteiger partial charge in [-0.15, -0.1) is 0 Å². The van der Waals surface area contributed by atoms with Crippen LogP contribution in [0, 0.1) is 6.92 Å². The summed E-state index contributed by atoms with van der Waals surface area (Å²) in [5, 5.41) is 7.75. The van der Waals surface area contributed by atoms with E-state index in [-0.39, 0.29) is 0 Å². The van der Waals surface area contributed by atoms with Crippen molar-refractivity contribution < 1.29 is 0 Å². The molecule has 0 saturated heterocycles. The Labute approximate surface area is 131 Å². The number of aromatic nitrogens is 2. The fourth-order valence-electron chi connectivity index (χ4n) is 2.36. The molecule has 0 aliphatic carbocycles. The summed E-state index contributed by atoms with van der Waals surface area (Å²) in [5.74, 6) is 1.42. The molecule has 21 heavy (non-hydrogen) atoms. The molecule has 0 saturated carbocycles. The highest BCUT2D eigenvalue weighted by Gasteiger charge is 2.15. The Morgan fingerprint density at radius 2 is 1.95 bits per heavy atom. The van der Waals surface area contributed by atoms with Crippen molar-refractivity contribution >= 4 is 23.0 Å². The number of hydrogen-bond donors (Lipinski definition) is 2. The monoisotopic (exact) mass is 302 g/mol. The van der Waals surface area contributed by atoms with Crippen LogP contribution in [0.3, 0.4) is 0 Å². The fourth-order valence-corrected chi connectivity index (χ4v) is 2.61. The maximum absolute atomic E-state index is 5.79. The van der Waals surface area contributed by atoms with Crippen LogP contribution in [0.1, 0.15) is 42.1 Å². The van der Waals surface area contributed by atoms with Gasteiger partial charge in [-0.25, -0.2) is 0 Å². The Hall–Kier alpha value is -1.88. The minimum atomic E-state index is 0.373. The van der Waals surface area contributed by atoms with Gasteiger partial charge < -0.3 is 11.1 Å². The maximum Gasteiger partial charge on any atom is 0.134 e. The van der Waals surface area contributed by atoms with Gasteiger partial charge in [-0.1, -0.05) is 50.3 Å². The first-order valence-corrected chi connectivity index (χ1v) is 7.47. The van der Waals surface area contributed by atoms with Gasteiger partial charge in [0.25, 0.3) is 0 Å². The molecule has 0 aliphatic heterocycles. The van der Waals surface area contributed by atoms with Crippen molar-refractivity contribution in [2.75, 3.05) is 5.32 Å². The van der Waals surface area contributed by atoms with E-state index in [4.69, 9.17) is 18.0 Å². The largest absolute Gasteiger partial charge is 0.389 e. The highest BCUT2D eigenvalue weighted by atomic mass is 32.1. The molecule has 112 valence electrons. The van der Waals surface area contributed by atoms with E-state index in [9.17, 15) is 0 Å². The SMILES string of the molecule is Cc1nn(C)c(NCc2ccc(C(C)C)cc2)c1C(N)=S. The predicted molar refractivity (Wildman–Crippen MR) is 91.7 cm³/mol. The molecule has 0 unspecified atom stereocenters. The van der Waals surface area contributed by atoms with Gasteiger partial charge in [-0.05, 0) is 24.0 Å². The summed E-state index contributed by atoms with van der Waals surface area (Å²) < 4.78 is 1.78. The van der Waals surface area contributed by atoms with Crippen molar-refractivity contribution in [3.63, 3.8) is 0 Å². The number of nitrogens with one attached hydrogen (secondary N) is 1. The number of rotatable bonds is 5. The van der Waals surface area contributed by atoms with Crippen molar-refractivity contribution in [3.8, 4) is 0 Å². The Morgan fingerprint density at radius 3 is 2.48 bits per heavy atom. The van der Waals surface area contributed by atoms with Gasteiger partial charge in [0.1, 0.15) is 10.8 Å². The number of thiocarbonyl (C=S) groups is 1.